The van der Waals surface area contributed by atoms with Gasteiger partial charge in [0.2, 0.25) is 5.91 Å². The fourth-order valence-electron chi connectivity index (χ4n) is 3.24. The van der Waals surface area contributed by atoms with Crippen molar-refractivity contribution >= 4 is 28.5 Å². The van der Waals surface area contributed by atoms with E-state index in [-0.39, 0.29) is 18.4 Å². The minimum Gasteiger partial charge on any atom is -0.497 e. The van der Waals surface area contributed by atoms with Gasteiger partial charge in [0.15, 0.2) is 5.13 Å². The molecule has 0 radical (unpaired) electrons. The minimum absolute atomic E-state index is 0.0867. The molecule has 0 saturated heterocycles. The molecule has 0 fully saturated rings. The maximum atomic E-state index is 13.0. The van der Waals surface area contributed by atoms with Crippen molar-refractivity contribution in [3.05, 3.63) is 65.0 Å². The molecule has 8 heteroatoms. The van der Waals surface area contributed by atoms with Crippen LogP contribution >= 0.6 is 11.3 Å². The highest BCUT2D eigenvalue weighted by Gasteiger charge is 2.27. The molecule has 3 aromatic rings. The zero-order valence-electron chi connectivity index (χ0n) is 19.3. The van der Waals surface area contributed by atoms with Crippen molar-refractivity contribution in [1.29, 1.82) is 0 Å². The molecule has 3 rings (SSSR count). The lowest BCUT2D eigenvalue weighted by molar-refractivity contribution is -0.119. The average molecular weight is 468 g/mol. The summed E-state index contributed by atoms with van der Waals surface area (Å²) in [5, 5.41) is 6.06. The van der Waals surface area contributed by atoms with Gasteiger partial charge in [-0.3, -0.25) is 4.79 Å². The van der Waals surface area contributed by atoms with Crippen LogP contribution < -0.4 is 15.4 Å². The van der Waals surface area contributed by atoms with Crippen molar-refractivity contribution in [2.45, 2.75) is 39.8 Å². The van der Waals surface area contributed by atoms with E-state index in [2.05, 4.69) is 15.6 Å². The van der Waals surface area contributed by atoms with Gasteiger partial charge in [-0.15, -0.1) is 11.3 Å². The molecule has 0 aliphatic heterocycles. The zero-order valence-corrected chi connectivity index (χ0v) is 20.1. The highest BCUT2D eigenvalue weighted by molar-refractivity contribution is 7.16. The highest BCUT2D eigenvalue weighted by atomic mass is 32.1. The van der Waals surface area contributed by atoms with E-state index < -0.39 is 12.1 Å². The maximum absolute atomic E-state index is 13.0. The van der Waals surface area contributed by atoms with Gasteiger partial charge in [0, 0.05) is 10.4 Å². The number of aryl methyl sites for hydroxylation is 1. The van der Waals surface area contributed by atoms with Crippen molar-refractivity contribution in [1.82, 2.24) is 10.3 Å². The molecule has 1 aromatic heterocycles. The first-order chi connectivity index (χ1) is 15.9. The van der Waals surface area contributed by atoms with Crippen molar-refractivity contribution in [2.75, 3.05) is 12.4 Å². The summed E-state index contributed by atoms with van der Waals surface area (Å²) in [6.45, 7) is 5.98. The van der Waals surface area contributed by atoms with Gasteiger partial charge in [0.25, 0.3) is 0 Å². The number of carbonyl (C=O) groups is 2. The second kappa shape index (κ2) is 11.5. The number of amides is 2. The molecule has 7 nitrogen and oxygen atoms in total. The first-order valence-corrected chi connectivity index (χ1v) is 11.6. The number of nitrogens with one attached hydrogen (secondary N) is 2. The molecular weight excluding hydrogens is 438 g/mol. The summed E-state index contributed by atoms with van der Waals surface area (Å²) in [5.41, 5.74) is 2.61. The van der Waals surface area contributed by atoms with Gasteiger partial charge < -0.3 is 20.1 Å². The van der Waals surface area contributed by atoms with E-state index in [0.29, 0.717) is 11.6 Å². The molecule has 2 atom stereocenters. The van der Waals surface area contributed by atoms with Crippen LogP contribution in [0.1, 0.15) is 30.7 Å². The quantitative estimate of drug-likeness (QED) is 0.439. The molecule has 0 spiro atoms. The van der Waals surface area contributed by atoms with Gasteiger partial charge in [-0.1, -0.05) is 50.6 Å². The van der Waals surface area contributed by atoms with Crippen LogP contribution in [0.4, 0.5) is 9.93 Å². The molecule has 0 bridgehead atoms. The van der Waals surface area contributed by atoms with Crippen LogP contribution in [-0.4, -0.2) is 30.1 Å². The Bertz CT molecular complexity index is 1070. The maximum Gasteiger partial charge on any atom is 0.408 e. The second-order valence-corrected chi connectivity index (χ2v) is 8.91. The van der Waals surface area contributed by atoms with E-state index in [1.165, 1.54) is 11.3 Å². The van der Waals surface area contributed by atoms with Crippen LogP contribution in [0, 0.1) is 12.8 Å². The standard InChI is InChI=1S/C25H29N3O4S/c1-5-16(2)21(27-25(30)32-15-18-9-7-6-8-10-18)23(29)28-24-26-22(17(3)33-24)19-11-13-20(31-4)14-12-19/h6-14,16,21H,5,15H2,1-4H3,(H,27,30)(H,26,28,29)/t16-,21+/m0/s1. The van der Waals surface area contributed by atoms with Crippen molar-refractivity contribution in [3.63, 3.8) is 0 Å². The van der Waals surface area contributed by atoms with E-state index in [9.17, 15) is 9.59 Å². The fourth-order valence-corrected chi connectivity index (χ4v) is 4.08. The summed E-state index contributed by atoms with van der Waals surface area (Å²) in [6, 6.07) is 16.3. The van der Waals surface area contributed by atoms with E-state index in [4.69, 9.17) is 9.47 Å². The van der Waals surface area contributed by atoms with E-state index in [1.807, 2.05) is 75.4 Å². The summed E-state index contributed by atoms with van der Waals surface area (Å²) in [5.74, 6) is 0.356. The predicted octanol–water partition coefficient (Wildman–Crippen LogP) is 5.41. The largest absolute Gasteiger partial charge is 0.497 e. The third-order valence-corrected chi connectivity index (χ3v) is 6.26. The van der Waals surface area contributed by atoms with Crippen LogP contribution in [0.3, 0.4) is 0 Å². The highest BCUT2D eigenvalue weighted by Crippen LogP contribution is 2.31. The van der Waals surface area contributed by atoms with E-state index in [1.54, 1.807) is 7.11 Å². The van der Waals surface area contributed by atoms with Crippen LogP contribution in [0.25, 0.3) is 11.3 Å². The lowest BCUT2D eigenvalue weighted by Gasteiger charge is -2.22. The van der Waals surface area contributed by atoms with E-state index in [0.717, 1.165) is 27.4 Å². The van der Waals surface area contributed by atoms with Gasteiger partial charge in [-0.05, 0) is 42.7 Å². The molecule has 1 heterocycles. The number of alkyl carbamates (subject to hydrolysis) is 1. The number of hydrogen-bond donors (Lipinski definition) is 2. The number of benzene rings is 2. The Morgan fingerprint density at radius 2 is 1.79 bits per heavy atom. The van der Waals surface area contributed by atoms with Gasteiger partial charge in [0.1, 0.15) is 18.4 Å². The summed E-state index contributed by atoms with van der Waals surface area (Å²) < 4.78 is 10.5. The fraction of sp³-hybridized carbons (Fsp3) is 0.320. The van der Waals surface area contributed by atoms with Crippen LogP contribution in [0.2, 0.25) is 0 Å². The van der Waals surface area contributed by atoms with Gasteiger partial charge in [0.05, 0.1) is 12.8 Å². The number of aromatic nitrogens is 1. The Labute approximate surface area is 198 Å². The summed E-state index contributed by atoms with van der Waals surface area (Å²) >= 11 is 1.39. The predicted molar refractivity (Wildman–Crippen MR) is 130 cm³/mol. The number of anilines is 1. The number of methoxy groups -OCH3 is 1. The van der Waals surface area contributed by atoms with Gasteiger partial charge >= 0.3 is 6.09 Å². The third-order valence-electron chi connectivity index (χ3n) is 5.37. The monoisotopic (exact) mass is 467 g/mol. The lowest BCUT2D eigenvalue weighted by Crippen LogP contribution is -2.47. The number of carbonyl (C=O) groups excluding carboxylic acids is 2. The lowest BCUT2D eigenvalue weighted by atomic mass is 9.98. The van der Waals surface area contributed by atoms with Crippen molar-refractivity contribution in [2.24, 2.45) is 5.92 Å². The summed E-state index contributed by atoms with van der Waals surface area (Å²) in [4.78, 5) is 31.0. The van der Waals surface area contributed by atoms with Crippen LogP contribution in [0.5, 0.6) is 5.75 Å². The van der Waals surface area contributed by atoms with E-state index >= 15 is 0 Å². The summed E-state index contributed by atoms with van der Waals surface area (Å²) in [6.07, 6.45) is 0.0824. The Morgan fingerprint density at radius 3 is 2.42 bits per heavy atom. The smallest absolute Gasteiger partial charge is 0.408 e. The SMILES string of the molecule is CC[C@H](C)[C@@H](NC(=O)OCc1ccccc1)C(=O)Nc1nc(-c2ccc(OC)cc2)c(C)s1. The molecule has 33 heavy (non-hydrogen) atoms. The third kappa shape index (κ3) is 6.55. The molecule has 0 saturated carbocycles. The number of thiazole rings is 1. The molecule has 0 aliphatic rings. The first-order valence-electron chi connectivity index (χ1n) is 10.8. The number of nitrogens with zero attached hydrogens (tertiary/aromatic N) is 1. The number of rotatable bonds is 9. The van der Waals surface area contributed by atoms with Crippen LogP contribution in [-0.2, 0) is 16.1 Å². The topological polar surface area (TPSA) is 89.5 Å². The molecular formula is C25H29N3O4S. The Balaban J connectivity index is 1.66. The molecule has 0 aliphatic carbocycles. The molecule has 174 valence electrons. The van der Waals surface area contributed by atoms with Gasteiger partial charge in [-0.25, -0.2) is 9.78 Å². The van der Waals surface area contributed by atoms with Crippen LogP contribution in [0.15, 0.2) is 54.6 Å². The molecule has 2 aromatic carbocycles. The number of hydrogen-bond acceptors (Lipinski definition) is 6. The Morgan fingerprint density at radius 1 is 1.09 bits per heavy atom. The Kier molecular flexibility index (Phi) is 8.43. The number of ether oxygens (including phenoxy) is 2. The molecule has 2 amide bonds. The molecule has 2 N–H and O–H groups in total. The normalized spacial score (nSPS) is 12.5. The first kappa shape index (κ1) is 24.3. The van der Waals surface area contributed by atoms with Crippen molar-refractivity contribution in [3.8, 4) is 17.0 Å². The zero-order chi connectivity index (χ0) is 23.8. The second-order valence-electron chi connectivity index (χ2n) is 7.71. The summed E-state index contributed by atoms with van der Waals surface area (Å²) in [7, 11) is 1.62. The van der Waals surface area contributed by atoms with Gasteiger partial charge in [-0.2, -0.15) is 0 Å². The minimum atomic E-state index is -0.744. The Hall–Kier alpha value is -3.39. The molecule has 0 unspecified atom stereocenters. The van der Waals surface area contributed by atoms with Crippen molar-refractivity contribution < 1.29 is 19.1 Å². The average Bonchev–Trinajstić information content (AvgIpc) is 3.20.